The van der Waals surface area contributed by atoms with Crippen LogP contribution in [-0.4, -0.2) is 32.6 Å². The standard InChI is InChI=1S/C28H24Cl2N2O5S2/c1-4-36-22-11-10-20(15-23(22)35-3)32(2)39-24-16-25(30)38-26(24)27(33)31-19-13-17(12-18(29)14-19)28(34)37-21-8-6-5-7-9-21/h5-16H,4H2,1-3H3,(H,31,33). The lowest BCUT2D eigenvalue weighted by molar-refractivity contribution is 0.0734. The van der Waals surface area contributed by atoms with Gasteiger partial charge in [0.15, 0.2) is 11.5 Å². The lowest BCUT2D eigenvalue weighted by Gasteiger charge is -2.19. The van der Waals surface area contributed by atoms with E-state index in [0.717, 1.165) is 17.0 Å². The number of carbonyl (C=O) groups is 2. The molecular weight excluding hydrogens is 579 g/mol. The summed E-state index contributed by atoms with van der Waals surface area (Å²) in [5.41, 5.74) is 1.38. The average Bonchev–Trinajstić information content (AvgIpc) is 3.29. The molecule has 0 radical (unpaired) electrons. The number of carbonyl (C=O) groups excluding carboxylic acids is 2. The van der Waals surface area contributed by atoms with E-state index < -0.39 is 11.9 Å². The highest BCUT2D eigenvalue weighted by atomic mass is 35.5. The van der Waals surface area contributed by atoms with Gasteiger partial charge in [0.2, 0.25) is 0 Å². The number of ether oxygens (including phenoxy) is 3. The van der Waals surface area contributed by atoms with E-state index in [1.165, 1.54) is 24.1 Å². The van der Waals surface area contributed by atoms with Crippen molar-refractivity contribution in [3.8, 4) is 17.2 Å². The molecule has 0 saturated heterocycles. The molecular formula is C28H24Cl2N2O5S2. The molecule has 39 heavy (non-hydrogen) atoms. The third-order valence-corrected chi connectivity index (χ3v) is 7.88. The topological polar surface area (TPSA) is 77.1 Å². The first-order valence-electron chi connectivity index (χ1n) is 11.7. The van der Waals surface area contributed by atoms with Gasteiger partial charge in [-0.25, -0.2) is 4.79 Å². The SMILES string of the molecule is CCOc1ccc(N(C)Sc2cc(Cl)sc2C(=O)Nc2cc(Cl)cc(C(=O)Oc3ccccc3)c2)cc1OC. The predicted molar refractivity (Wildman–Crippen MR) is 159 cm³/mol. The minimum atomic E-state index is -0.595. The Labute approximate surface area is 244 Å². The van der Waals surface area contributed by atoms with E-state index in [9.17, 15) is 9.59 Å². The number of benzene rings is 3. The predicted octanol–water partition coefficient (Wildman–Crippen LogP) is 8.08. The van der Waals surface area contributed by atoms with Crippen molar-refractivity contribution in [2.24, 2.45) is 0 Å². The third kappa shape index (κ3) is 7.39. The molecule has 7 nitrogen and oxygen atoms in total. The highest BCUT2D eigenvalue weighted by molar-refractivity contribution is 8.00. The molecule has 0 saturated carbocycles. The molecule has 0 spiro atoms. The van der Waals surface area contributed by atoms with E-state index in [1.54, 1.807) is 43.5 Å². The van der Waals surface area contributed by atoms with E-state index in [-0.39, 0.29) is 10.6 Å². The Hall–Kier alpha value is -3.37. The summed E-state index contributed by atoms with van der Waals surface area (Å²) < 4.78 is 18.8. The minimum absolute atomic E-state index is 0.199. The molecule has 0 fully saturated rings. The molecule has 4 aromatic rings. The van der Waals surface area contributed by atoms with Crippen LogP contribution in [0, 0.1) is 0 Å². The zero-order valence-corrected chi connectivity index (χ0v) is 24.3. The van der Waals surface area contributed by atoms with Crippen molar-refractivity contribution in [2.75, 3.05) is 30.4 Å². The number of para-hydroxylation sites is 1. The van der Waals surface area contributed by atoms with Crippen LogP contribution in [0.25, 0.3) is 0 Å². The maximum Gasteiger partial charge on any atom is 0.343 e. The molecule has 0 unspecified atom stereocenters. The van der Waals surface area contributed by atoms with Crippen molar-refractivity contribution in [2.45, 2.75) is 11.8 Å². The van der Waals surface area contributed by atoms with E-state index in [4.69, 9.17) is 37.4 Å². The Balaban J connectivity index is 1.51. The monoisotopic (exact) mass is 602 g/mol. The van der Waals surface area contributed by atoms with Crippen LogP contribution in [0.4, 0.5) is 11.4 Å². The molecule has 4 rings (SSSR count). The van der Waals surface area contributed by atoms with Crippen LogP contribution in [0.15, 0.2) is 77.7 Å². The van der Waals surface area contributed by atoms with Gasteiger partial charge in [-0.3, -0.25) is 4.79 Å². The highest BCUT2D eigenvalue weighted by Gasteiger charge is 2.20. The Morgan fingerprint density at radius 3 is 2.49 bits per heavy atom. The smallest absolute Gasteiger partial charge is 0.343 e. The Kier molecular flexibility index (Phi) is 9.63. The number of hydrogen-bond donors (Lipinski definition) is 1. The van der Waals surface area contributed by atoms with Crippen LogP contribution in [0.3, 0.4) is 0 Å². The number of hydrogen-bond acceptors (Lipinski definition) is 8. The highest BCUT2D eigenvalue weighted by Crippen LogP contribution is 2.39. The fraction of sp³-hybridized carbons (Fsp3) is 0.143. The third-order valence-electron chi connectivity index (χ3n) is 5.27. The fourth-order valence-corrected chi connectivity index (χ4v) is 6.01. The van der Waals surface area contributed by atoms with Crippen LogP contribution >= 0.6 is 46.5 Å². The zero-order chi connectivity index (χ0) is 27.9. The molecule has 1 amide bonds. The van der Waals surface area contributed by atoms with Gasteiger partial charge in [-0.15, -0.1) is 11.3 Å². The van der Waals surface area contributed by atoms with Crippen molar-refractivity contribution >= 4 is 69.7 Å². The molecule has 1 N–H and O–H groups in total. The Bertz CT molecular complexity index is 1480. The summed E-state index contributed by atoms with van der Waals surface area (Å²) in [6, 6.07) is 20.5. The number of rotatable bonds is 10. The van der Waals surface area contributed by atoms with Gasteiger partial charge in [-0.2, -0.15) is 0 Å². The number of thiophene rings is 1. The summed E-state index contributed by atoms with van der Waals surface area (Å²) in [6.07, 6.45) is 0. The lowest BCUT2D eigenvalue weighted by Crippen LogP contribution is -2.14. The maximum absolute atomic E-state index is 13.3. The first kappa shape index (κ1) is 28.6. The van der Waals surface area contributed by atoms with Crippen molar-refractivity contribution in [3.05, 3.63) is 92.6 Å². The van der Waals surface area contributed by atoms with Crippen molar-refractivity contribution in [1.82, 2.24) is 0 Å². The number of halogens is 2. The van der Waals surface area contributed by atoms with Crippen LogP contribution in [0.1, 0.15) is 27.0 Å². The second-order valence-corrected chi connectivity index (χ2v) is 11.3. The van der Waals surface area contributed by atoms with E-state index in [2.05, 4.69) is 5.32 Å². The van der Waals surface area contributed by atoms with E-state index in [0.29, 0.717) is 43.7 Å². The van der Waals surface area contributed by atoms with Crippen molar-refractivity contribution in [3.63, 3.8) is 0 Å². The van der Waals surface area contributed by atoms with Gasteiger partial charge in [0.1, 0.15) is 10.6 Å². The zero-order valence-electron chi connectivity index (χ0n) is 21.2. The summed E-state index contributed by atoms with van der Waals surface area (Å²) in [6.45, 7) is 2.43. The fourth-order valence-electron chi connectivity index (χ4n) is 3.52. The normalized spacial score (nSPS) is 10.6. The number of anilines is 2. The molecule has 0 aliphatic heterocycles. The molecule has 1 heterocycles. The van der Waals surface area contributed by atoms with Gasteiger partial charge >= 0.3 is 5.97 Å². The lowest BCUT2D eigenvalue weighted by atomic mass is 10.2. The van der Waals surface area contributed by atoms with Gasteiger partial charge in [-0.1, -0.05) is 41.4 Å². The summed E-state index contributed by atoms with van der Waals surface area (Å²) in [5, 5.41) is 3.09. The largest absolute Gasteiger partial charge is 0.493 e. The number of amides is 1. The first-order chi connectivity index (χ1) is 18.8. The minimum Gasteiger partial charge on any atom is -0.493 e. The molecule has 3 aromatic carbocycles. The molecule has 0 aliphatic carbocycles. The van der Waals surface area contributed by atoms with E-state index >= 15 is 0 Å². The first-order valence-corrected chi connectivity index (χ1v) is 14.0. The van der Waals surface area contributed by atoms with Gasteiger partial charge < -0.3 is 23.8 Å². The molecule has 202 valence electrons. The summed E-state index contributed by atoms with van der Waals surface area (Å²) in [7, 11) is 3.45. The average molecular weight is 604 g/mol. The molecule has 1 aromatic heterocycles. The number of nitrogens with zero attached hydrogens (tertiary/aromatic N) is 1. The van der Waals surface area contributed by atoms with Gasteiger partial charge in [0.05, 0.1) is 34.2 Å². The van der Waals surface area contributed by atoms with Gasteiger partial charge in [0, 0.05) is 23.8 Å². The summed E-state index contributed by atoms with van der Waals surface area (Å²) in [5.74, 6) is 0.663. The van der Waals surface area contributed by atoms with Crippen LogP contribution in [0.2, 0.25) is 9.36 Å². The van der Waals surface area contributed by atoms with Crippen molar-refractivity contribution < 1.29 is 23.8 Å². The molecule has 11 heteroatoms. The molecule has 0 bridgehead atoms. The second-order valence-electron chi connectivity index (χ2n) is 7.99. The number of methoxy groups -OCH3 is 1. The second kappa shape index (κ2) is 13.1. The Morgan fingerprint density at radius 2 is 1.77 bits per heavy atom. The number of nitrogens with one attached hydrogen (secondary N) is 1. The summed E-state index contributed by atoms with van der Waals surface area (Å²) >= 11 is 15.0. The molecule has 0 aliphatic rings. The number of esters is 1. The van der Waals surface area contributed by atoms with Crippen LogP contribution in [-0.2, 0) is 0 Å². The van der Waals surface area contributed by atoms with Gasteiger partial charge in [0.25, 0.3) is 5.91 Å². The Morgan fingerprint density at radius 1 is 1.00 bits per heavy atom. The van der Waals surface area contributed by atoms with Crippen molar-refractivity contribution in [1.29, 1.82) is 0 Å². The molecule has 0 atom stereocenters. The quantitative estimate of drug-likeness (QED) is 0.112. The van der Waals surface area contributed by atoms with Crippen LogP contribution in [0.5, 0.6) is 17.2 Å². The van der Waals surface area contributed by atoms with Crippen LogP contribution < -0.4 is 23.8 Å². The van der Waals surface area contributed by atoms with E-state index in [1.807, 2.05) is 42.5 Å². The summed E-state index contributed by atoms with van der Waals surface area (Å²) in [4.78, 5) is 27.0. The maximum atomic E-state index is 13.3. The van der Waals surface area contributed by atoms with Gasteiger partial charge in [-0.05, 0) is 67.4 Å².